The summed E-state index contributed by atoms with van der Waals surface area (Å²) < 4.78 is 1.05. The molecule has 2 aromatic rings. The standard InChI is InChI=1S/C15H16BrNOS/c1-10(15(17)11-5-3-2-4-6-11)13(18)9-12-7-8-14(16)19-12/h2-8,10,15H,9,17H2,1H3. The number of ketones is 1. The molecular weight excluding hydrogens is 322 g/mol. The van der Waals surface area contributed by atoms with E-state index in [-0.39, 0.29) is 17.7 Å². The molecule has 19 heavy (non-hydrogen) atoms. The molecule has 2 nitrogen and oxygen atoms in total. The number of carbonyl (C=O) groups is 1. The van der Waals surface area contributed by atoms with Gasteiger partial charge in [-0.1, -0.05) is 37.3 Å². The molecule has 0 spiro atoms. The Morgan fingerprint density at radius 3 is 2.53 bits per heavy atom. The molecule has 1 aromatic heterocycles. The van der Waals surface area contributed by atoms with Gasteiger partial charge in [0.05, 0.1) is 3.79 Å². The van der Waals surface area contributed by atoms with Crippen LogP contribution in [-0.2, 0) is 11.2 Å². The first-order valence-corrected chi connectivity index (χ1v) is 7.76. The van der Waals surface area contributed by atoms with Gasteiger partial charge in [0.25, 0.3) is 0 Å². The third kappa shape index (κ3) is 3.75. The lowest BCUT2D eigenvalue weighted by atomic mass is 9.90. The van der Waals surface area contributed by atoms with E-state index in [2.05, 4.69) is 15.9 Å². The predicted molar refractivity (Wildman–Crippen MR) is 83.3 cm³/mol. The third-order valence-electron chi connectivity index (χ3n) is 3.21. The first-order chi connectivity index (χ1) is 9.08. The Hall–Kier alpha value is -0.970. The molecular formula is C15H16BrNOS. The highest BCUT2D eigenvalue weighted by atomic mass is 79.9. The van der Waals surface area contributed by atoms with E-state index < -0.39 is 0 Å². The quantitative estimate of drug-likeness (QED) is 0.897. The van der Waals surface area contributed by atoms with Gasteiger partial charge < -0.3 is 5.73 Å². The van der Waals surface area contributed by atoms with E-state index in [1.807, 2.05) is 49.4 Å². The van der Waals surface area contributed by atoms with Gasteiger partial charge >= 0.3 is 0 Å². The van der Waals surface area contributed by atoms with Gasteiger partial charge in [0.15, 0.2) is 0 Å². The lowest BCUT2D eigenvalue weighted by molar-refractivity contribution is -0.122. The summed E-state index contributed by atoms with van der Waals surface area (Å²) in [7, 11) is 0. The van der Waals surface area contributed by atoms with Crippen molar-refractivity contribution in [3.63, 3.8) is 0 Å². The zero-order valence-electron chi connectivity index (χ0n) is 10.7. The van der Waals surface area contributed by atoms with Gasteiger partial charge in [-0.2, -0.15) is 0 Å². The van der Waals surface area contributed by atoms with Gasteiger partial charge in [0.2, 0.25) is 0 Å². The topological polar surface area (TPSA) is 43.1 Å². The first-order valence-electron chi connectivity index (χ1n) is 6.15. The van der Waals surface area contributed by atoms with Crippen LogP contribution >= 0.6 is 27.3 Å². The van der Waals surface area contributed by atoms with Crippen LogP contribution in [0, 0.1) is 5.92 Å². The molecule has 2 N–H and O–H groups in total. The molecule has 0 bridgehead atoms. The Kier molecular flexibility index (Phi) is 4.91. The van der Waals surface area contributed by atoms with Crippen molar-refractivity contribution < 1.29 is 4.79 Å². The summed E-state index contributed by atoms with van der Waals surface area (Å²) in [6.07, 6.45) is 0.456. The molecule has 0 radical (unpaired) electrons. The van der Waals surface area contributed by atoms with Crippen LogP contribution in [0.4, 0.5) is 0 Å². The van der Waals surface area contributed by atoms with Crippen LogP contribution in [0.5, 0.6) is 0 Å². The highest BCUT2D eigenvalue weighted by Crippen LogP contribution is 2.25. The second-order valence-electron chi connectivity index (χ2n) is 4.57. The molecule has 1 aromatic carbocycles. The summed E-state index contributed by atoms with van der Waals surface area (Å²) in [6, 6.07) is 13.5. The van der Waals surface area contributed by atoms with E-state index in [1.165, 1.54) is 0 Å². The highest BCUT2D eigenvalue weighted by molar-refractivity contribution is 9.11. The van der Waals surface area contributed by atoms with Crippen LogP contribution in [0.15, 0.2) is 46.3 Å². The summed E-state index contributed by atoms with van der Waals surface area (Å²) >= 11 is 5.00. The van der Waals surface area contributed by atoms with Crippen molar-refractivity contribution in [1.82, 2.24) is 0 Å². The summed E-state index contributed by atoms with van der Waals surface area (Å²) in [5.74, 6) is 0.00831. The van der Waals surface area contributed by atoms with Gasteiger partial charge in [0.1, 0.15) is 5.78 Å². The molecule has 0 saturated heterocycles. The average Bonchev–Trinajstić information content (AvgIpc) is 2.83. The second kappa shape index (κ2) is 6.46. The number of rotatable bonds is 5. The summed E-state index contributed by atoms with van der Waals surface area (Å²) in [5, 5.41) is 0. The molecule has 0 aliphatic carbocycles. The zero-order valence-corrected chi connectivity index (χ0v) is 13.1. The van der Waals surface area contributed by atoms with E-state index in [0.717, 1.165) is 14.2 Å². The maximum atomic E-state index is 12.2. The molecule has 0 aliphatic rings. The minimum atomic E-state index is -0.239. The summed E-state index contributed by atoms with van der Waals surface area (Å²) in [4.78, 5) is 13.3. The van der Waals surface area contributed by atoms with Crippen LogP contribution in [0.2, 0.25) is 0 Å². The van der Waals surface area contributed by atoms with Crippen molar-refractivity contribution in [2.45, 2.75) is 19.4 Å². The van der Waals surface area contributed by atoms with Gasteiger partial charge in [-0.25, -0.2) is 0 Å². The minimum Gasteiger partial charge on any atom is -0.323 e. The van der Waals surface area contributed by atoms with Crippen LogP contribution in [0.1, 0.15) is 23.4 Å². The highest BCUT2D eigenvalue weighted by Gasteiger charge is 2.22. The number of Topliss-reactive ketones (excluding diaryl/α,β-unsaturated/α-hetero) is 1. The lowest BCUT2D eigenvalue weighted by Crippen LogP contribution is -2.27. The molecule has 0 fully saturated rings. The maximum absolute atomic E-state index is 12.2. The molecule has 0 aliphatic heterocycles. The molecule has 4 heteroatoms. The number of hydrogen-bond donors (Lipinski definition) is 1. The summed E-state index contributed by atoms with van der Waals surface area (Å²) in [5.41, 5.74) is 7.18. The Morgan fingerprint density at radius 2 is 1.95 bits per heavy atom. The van der Waals surface area contributed by atoms with Crippen LogP contribution in [-0.4, -0.2) is 5.78 Å². The smallest absolute Gasteiger partial charge is 0.142 e. The number of nitrogens with two attached hydrogens (primary N) is 1. The fourth-order valence-electron chi connectivity index (χ4n) is 1.94. The van der Waals surface area contributed by atoms with E-state index in [9.17, 15) is 4.79 Å². The molecule has 100 valence electrons. The number of carbonyl (C=O) groups excluding carboxylic acids is 1. The van der Waals surface area contributed by atoms with Crippen molar-refractivity contribution in [3.8, 4) is 0 Å². The maximum Gasteiger partial charge on any atom is 0.142 e. The monoisotopic (exact) mass is 337 g/mol. The zero-order chi connectivity index (χ0) is 13.8. The normalized spacial score (nSPS) is 14.1. The van der Waals surface area contributed by atoms with E-state index >= 15 is 0 Å². The minimum absolute atomic E-state index is 0.178. The van der Waals surface area contributed by atoms with E-state index in [1.54, 1.807) is 11.3 Å². The Balaban J connectivity index is 2.03. The fraction of sp³-hybridized carbons (Fsp3) is 0.267. The van der Waals surface area contributed by atoms with Crippen molar-refractivity contribution in [3.05, 3.63) is 56.7 Å². The fourth-order valence-corrected chi connectivity index (χ4v) is 3.44. The molecule has 0 saturated carbocycles. The Labute approximate surface area is 125 Å². The predicted octanol–water partition coefficient (Wildman–Crippen LogP) is 3.96. The molecule has 2 atom stereocenters. The molecule has 2 rings (SSSR count). The summed E-state index contributed by atoms with van der Waals surface area (Å²) in [6.45, 7) is 1.91. The number of benzene rings is 1. The average molecular weight is 338 g/mol. The largest absolute Gasteiger partial charge is 0.323 e. The van der Waals surface area contributed by atoms with Crippen molar-refractivity contribution >= 4 is 33.0 Å². The van der Waals surface area contributed by atoms with Gasteiger partial charge in [-0.05, 0) is 33.6 Å². The van der Waals surface area contributed by atoms with Crippen LogP contribution < -0.4 is 5.73 Å². The van der Waals surface area contributed by atoms with Gasteiger partial charge in [-0.15, -0.1) is 11.3 Å². The van der Waals surface area contributed by atoms with Crippen LogP contribution in [0.25, 0.3) is 0 Å². The number of halogens is 1. The SMILES string of the molecule is CC(C(=O)Cc1ccc(Br)s1)C(N)c1ccccc1. The first kappa shape index (κ1) is 14.4. The Bertz CT molecular complexity index is 552. The van der Waals surface area contributed by atoms with Gasteiger partial charge in [-0.3, -0.25) is 4.79 Å². The number of thiophene rings is 1. The van der Waals surface area contributed by atoms with E-state index in [0.29, 0.717) is 6.42 Å². The van der Waals surface area contributed by atoms with E-state index in [4.69, 9.17) is 5.73 Å². The molecule has 1 heterocycles. The van der Waals surface area contributed by atoms with Crippen molar-refractivity contribution in [2.75, 3.05) is 0 Å². The lowest BCUT2D eigenvalue weighted by Gasteiger charge is -2.18. The molecule has 0 amide bonds. The Morgan fingerprint density at radius 1 is 1.26 bits per heavy atom. The third-order valence-corrected chi connectivity index (χ3v) is 4.83. The number of hydrogen-bond acceptors (Lipinski definition) is 3. The van der Waals surface area contributed by atoms with Gasteiger partial charge in [0, 0.05) is 23.3 Å². The molecule has 2 unspecified atom stereocenters. The van der Waals surface area contributed by atoms with Crippen molar-refractivity contribution in [1.29, 1.82) is 0 Å². The van der Waals surface area contributed by atoms with Crippen LogP contribution in [0.3, 0.4) is 0 Å². The second-order valence-corrected chi connectivity index (χ2v) is 7.12. The van der Waals surface area contributed by atoms with Crippen molar-refractivity contribution in [2.24, 2.45) is 11.7 Å².